The Labute approximate surface area is 195 Å². The van der Waals surface area contributed by atoms with E-state index in [0.717, 1.165) is 11.1 Å². The zero-order valence-electron chi connectivity index (χ0n) is 19.8. The van der Waals surface area contributed by atoms with Crippen LogP contribution in [0.25, 0.3) is 0 Å². The number of nitrogens with one attached hydrogen (secondary N) is 2. The van der Waals surface area contributed by atoms with Crippen LogP contribution in [-0.4, -0.2) is 46.5 Å². The van der Waals surface area contributed by atoms with Crippen LogP contribution >= 0.6 is 0 Å². The summed E-state index contributed by atoms with van der Waals surface area (Å²) in [6, 6.07) is 18.2. The van der Waals surface area contributed by atoms with E-state index >= 15 is 0 Å². The van der Waals surface area contributed by atoms with Crippen LogP contribution in [0.3, 0.4) is 0 Å². The zero-order chi connectivity index (χ0) is 24.1. The van der Waals surface area contributed by atoms with E-state index in [-0.39, 0.29) is 18.4 Å². The maximum Gasteiger partial charge on any atom is 0.411 e. The molecule has 2 N–H and O–H groups in total. The molecule has 1 fully saturated rings. The smallest absolute Gasteiger partial charge is 0.411 e. The number of benzene rings is 2. The molecule has 0 aliphatic carbocycles. The van der Waals surface area contributed by atoms with Crippen LogP contribution in [0.5, 0.6) is 0 Å². The van der Waals surface area contributed by atoms with Crippen LogP contribution in [0.2, 0.25) is 0 Å². The summed E-state index contributed by atoms with van der Waals surface area (Å²) < 4.78 is 5.52. The number of ether oxygens (including phenoxy) is 1. The molecule has 1 aliphatic rings. The molecule has 3 amide bonds. The normalized spacial score (nSPS) is 18.6. The van der Waals surface area contributed by atoms with Gasteiger partial charge in [-0.1, -0.05) is 60.7 Å². The van der Waals surface area contributed by atoms with Gasteiger partial charge in [-0.15, -0.1) is 0 Å². The SMILES string of the molecule is C[C@H](NC(=O)[C@]1(Cc2ccccc2)CCN1C(=O)OCc1ccccc1)C(=O)NC(C)(C)C. The molecular formula is C26H33N3O4. The molecule has 3 rings (SSSR count). The minimum absolute atomic E-state index is 0.129. The van der Waals surface area contributed by atoms with Crippen molar-refractivity contribution in [3.05, 3.63) is 71.8 Å². The second kappa shape index (κ2) is 10.1. The first kappa shape index (κ1) is 24.3. The number of hydrogen-bond acceptors (Lipinski definition) is 4. The average Bonchev–Trinajstić information content (AvgIpc) is 2.75. The molecule has 176 valence electrons. The average molecular weight is 452 g/mol. The Balaban J connectivity index is 1.76. The van der Waals surface area contributed by atoms with E-state index in [4.69, 9.17) is 4.74 Å². The van der Waals surface area contributed by atoms with Crippen molar-refractivity contribution in [1.29, 1.82) is 0 Å². The van der Waals surface area contributed by atoms with Gasteiger partial charge in [0, 0.05) is 18.5 Å². The van der Waals surface area contributed by atoms with E-state index < -0.39 is 23.2 Å². The maximum absolute atomic E-state index is 13.5. The minimum atomic E-state index is -1.11. The zero-order valence-corrected chi connectivity index (χ0v) is 19.8. The van der Waals surface area contributed by atoms with Crippen LogP contribution in [0.15, 0.2) is 60.7 Å². The number of carbonyl (C=O) groups is 3. The third-order valence-corrected chi connectivity index (χ3v) is 5.69. The second-order valence-corrected chi connectivity index (χ2v) is 9.57. The van der Waals surface area contributed by atoms with Crippen molar-refractivity contribution in [1.82, 2.24) is 15.5 Å². The lowest BCUT2D eigenvalue weighted by molar-refractivity contribution is -0.143. The molecule has 33 heavy (non-hydrogen) atoms. The Kier molecular flexibility index (Phi) is 7.41. The molecular weight excluding hydrogens is 418 g/mol. The monoisotopic (exact) mass is 451 g/mol. The largest absolute Gasteiger partial charge is 0.445 e. The lowest BCUT2D eigenvalue weighted by Crippen LogP contribution is -2.71. The lowest BCUT2D eigenvalue weighted by Gasteiger charge is -2.50. The summed E-state index contributed by atoms with van der Waals surface area (Å²) in [5.41, 5.74) is 0.282. The van der Waals surface area contributed by atoms with Gasteiger partial charge in [0.25, 0.3) is 0 Å². The summed E-state index contributed by atoms with van der Waals surface area (Å²) in [6.07, 6.45) is 0.290. The standard InChI is InChI=1S/C26H33N3O4/c1-19(22(30)28-25(2,3)4)27-23(31)26(17-20-11-7-5-8-12-20)15-16-29(26)24(32)33-18-21-13-9-6-10-14-21/h5-14,19H,15-18H2,1-4H3,(H,27,31)(H,28,30)/t19-,26+/m0/s1. The van der Waals surface area contributed by atoms with Gasteiger partial charge in [-0.05, 0) is 45.2 Å². The summed E-state index contributed by atoms with van der Waals surface area (Å²) in [7, 11) is 0. The molecule has 2 aromatic carbocycles. The molecule has 0 bridgehead atoms. The number of rotatable bonds is 7. The van der Waals surface area contributed by atoms with Crippen molar-refractivity contribution in [2.45, 2.75) is 64.3 Å². The number of hydrogen-bond donors (Lipinski definition) is 2. The molecule has 1 saturated heterocycles. The fourth-order valence-corrected chi connectivity index (χ4v) is 3.86. The summed E-state index contributed by atoms with van der Waals surface area (Å²) >= 11 is 0. The van der Waals surface area contributed by atoms with E-state index in [0.29, 0.717) is 19.4 Å². The molecule has 2 aromatic rings. The molecule has 7 heteroatoms. The van der Waals surface area contributed by atoms with E-state index in [2.05, 4.69) is 10.6 Å². The number of amides is 3. The lowest BCUT2D eigenvalue weighted by atomic mass is 9.78. The molecule has 0 spiro atoms. The van der Waals surface area contributed by atoms with Crippen molar-refractivity contribution in [2.24, 2.45) is 0 Å². The van der Waals surface area contributed by atoms with Gasteiger partial charge in [-0.25, -0.2) is 4.79 Å². The molecule has 0 aromatic heterocycles. The quantitative estimate of drug-likeness (QED) is 0.675. The van der Waals surface area contributed by atoms with Crippen LogP contribution < -0.4 is 10.6 Å². The van der Waals surface area contributed by atoms with Gasteiger partial charge in [-0.3, -0.25) is 14.5 Å². The van der Waals surface area contributed by atoms with Gasteiger partial charge in [0.2, 0.25) is 11.8 Å². The highest BCUT2D eigenvalue weighted by molar-refractivity contribution is 5.95. The van der Waals surface area contributed by atoms with E-state index in [1.807, 2.05) is 81.4 Å². The Bertz CT molecular complexity index is 972. The highest BCUT2D eigenvalue weighted by Gasteiger charge is 2.54. The van der Waals surface area contributed by atoms with Gasteiger partial charge < -0.3 is 15.4 Å². The Morgan fingerprint density at radius 2 is 1.58 bits per heavy atom. The van der Waals surface area contributed by atoms with Crippen LogP contribution in [0.4, 0.5) is 4.79 Å². The molecule has 7 nitrogen and oxygen atoms in total. The molecule has 0 saturated carbocycles. The van der Waals surface area contributed by atoms with E-state index in [1.165, 1.54) is 4.90 Å². The van der Waals surface area contributed by atoms with Crippen molar-refractivity contribution in [3.63, 3.8) is 0 Å². The fraction of sp³-hybridized carbons (Fsp3) is 0.423. The first-order chi connectivity index (χ1) is 15.6. The fourth-order valence-electron chi connectivity index (χ4n) is 3.86. The highest BCUT2D eigenvalue weighted by Crippen LogP contribution is 2.35. The third-order valence-electron chi connectivity index (χ3n) is 5.69. The van der Waals surface area contributed by atoms with Crippen molar-refractivity contribution < 1.29 is 19.1 Å². The summed E-state index contributed by atoms with van der Waals surface area (Å²) in [5.74, 6) is -0.630. The minimum Gasteiger partial charge on any atom is -0.445 e. The van der Waals surface area contributed by atoms with Crippen molar-refractivity contribution >= 4 is 17.9 Å². The van der Waals surface area contributed by atoms with E-state index in [9.17, 15) is 14.4 Å². The number of carbonyl (C=O) groups excluding carboxylic acids is 3. The molecule has 1 heterocycles. The summed E-state index contributed by atoms with van der Waals surface area (Å²) in [5, 5.41) is 5.70. The van der Waals surface area contributed by atoms with Gasteiger partial charge in [0.1, 0.15) is 18.2 Å². The summed E-state index contributed by atoms with van der Waals surface area (Å²) in [6.45, 7) is 7.83. The number of likely N-dealkylation sites (tertiary alicyclic amines) is 1. The van der Waals surface area contributed by atoms with E-state index in [1.54, 1.807) is 6.92 Å². The molecule has 2 atom stereocenters. The predicted molar refractivity (Wildman–Crippen MR) is 126 cm³/mol. The van der Waals surface area contributed by atoms with Crippen molar-refractivity contribution in [3.8, 4) is 0 Å². The Morgan fingerprint density at radius 1 is 1.00 bits per heavy atom. The van der Waals surface area contributed by atoms with Crippen LogP contribution in [-0.2, 0) is 27.4 Å². The Morgan fingerprint density at radius 3 is 2.09 bits per heavy atom. The third kappa shape index (κ3) is 6.12. The van der Waals surface area contributed by atoms with Gasteiger partial charge in [0.15, 0.2) is 0 Å². The van der Waals surface area contributed by atoms with Gasteiger partial charge in [-0.2, -0.15) is 0 Å². The van der Waals surface area contributed by atoms with Crippen molar-refractivity contribution in [2.75, 3.05) is 6.54 Å². The predicted octanol–water partition coefficient (Wildman–Crippen LogP) is 3.43. The van der Waals surface area contributed by atoms with Crippen LogP contribution in [0.1, 0.15) is 45.2 Å². The molecule has 0 radical (unpaired) electrons. The topological polar surface area (TPSA) is 87.7 Å². The maximum atomic E-state index is 13.5. The highest BCUT2D eigenvalue weighted by atomic mass is 16.6. The van der Waals surface area contributed by atoms with Gasteiger partial charge >= 0.3 is 6.09 Å². The second-order valence-electron chi connectivity index (χ2n) is 9.57. The first-order valence-corrected chi connectivity index (χ1v) is 11.3. The number of nitrogens with zero attached hydrogens (tertiary/aromatic N) is 1. The van der Waals surface area contributed by atoms with Gasteiger partial charge in [0.05, 0.1) is 0 Å². The summed E-state index contributed by atoms with van der Waals surface area (Å²) in [4.78, 5) is 40.4. The first-order valence-electron chi connectivity index (χ1n) is 11.3. The molecule has 1 aliphatic heterocycles. The van der Waals surface area contributed by atoms with Crippen LogP contribution in [0, 0.1) is 0 Å². The molecule has 0 unspecified atom stereocenters. The Hall–Kier alpha value is -3.35.